The van der Waals surface area contributed by atoms with E-state index in [1.165, 1.54) is 0 Å². The first-order valence-corrected chi connectivity index (χ1v) is 3.65. The van der Waals surface area contributed by atoms with Crippen LogP contribution < -0.4 is 5.73 Å². The molecule has 0 saturated carbocycles. The molecule has 4 heteroatoms. The molecule has 1 aromatic carbocycles. The second-order valence-corrected chi connectivity index (χ2v) is 2.56. The molecule has 0 heterocycles. The number of benzene rings is 1. The van der Waals surface area contributed by atoms with Gasteiger partial charge >= 0.3 is 5.97 Å². The van der Waals surface area contributed by atoms with Gasteiger partial charge in [-0.05, 0) is 18.6 Å². The Labute approximate surface area is 75.3 Å². The first-order chi connectivity index (χ1) is 5.66. The number of hydrogen-bond donors (Lipinski definition) is 1. The zero-order chi connectivity index (χ0) is 9.14. The standard InChI is InChI=1S/C8H8ClNO2/c1-5-3-2-4-6(7(5)10)8(11)12-9/h2-4H,10H2,1H3. The van der Waals surface area contributed by atoms with Crippen LogP contribution in [-0.4, -0.2) is 5.97 Å². The average molecular weight is 186 g/mol. The number of para-hydroxylation sites is 1. The Kier molecular flexibility index (Phi) is 2.55. The van der Waals surface area contributed by atoms with Crippen molar-refractivity contribution in [2.45, 2.75) is 6.92 Å². The van der Waals surface area contributed by atoms with E-state index in [-0.39, 0.29) is 0 Å². The lowest BCUT2D eigenvalue weighted by molar-refractivity contribution is 0.0752. The van der Waals surface area contributed by atoms with Crippen molar-refractivity contribution in [1.82, 2.24) is 0 Å². The van der Waals surface area contributed by atoms with Gasteiger partial charge in [0.1, 0.15) is 11.9 Å². The lowest BCUT2D eigenvalue weighted by Crippen LogP contribution is -2.04. The van der Waals surface area contributed by atoms with Gasteiger partial charge in [0.15, 0.2) is 0 Å². The van der Waals surface area contributed by atoms with Crippen LogP contribution >= 0.6 is 11.9 Å². The van der Waals surface area contributed by atoms with Crippen molar-refractivity contribution in [1.29, 1.82) is 0 Å². The molecule has 0 radical (unpaired) electrons. The fourth-order valence-electron chi connectivity index (χ4n) is 0.900. The van der Waals surface area contributed by atoms with Crippen molar-refractivity contribution in [3.8, 4) is 0 Å². The molecule has 0 amide bonds. The average Bonchev–Trinajstić information content (AvgIpc) is 2.08. The highest BCUT2D eigenvalue weighted by Crippen LogP contribution is 2.17. The molecule has 0 aliphatic heterocycles. The van der Waals surface area contributed by atoms with Crippen molar-refractivity contribution in [2.75, 3.05) is 5.73 Å². The molecule has 0 bridgehead atoms. The summed E-state index contributed by atoms with van der Waals surface area (Å²) in [5, 5.41) is 0. The van der Waals surface area contributed by atoms with Crippen LogP contribution in [0.15, 0.2) is 18.2 Å². The zero-order valence-corrected chi connectivity index (χ0v) is 7.26. The van der Waals surface area contributed by atoms with E-state index in [2.05, 4.69) is 4.29 Å². The smallest absolute Gasteiger partial charge is 0.358 e. The fourth-order valence-corrected chi connectivity index (χ4v) is 0.983. The monoisotopic (exact) mass is 185 g/mol. The Hall–Kier alpha value is -1.22. The summed E-state index contributed by atoms with van der Waals surface area (Å²) in [5.41, 5.74) is 7.13. The summed E-state index contributed by atoms with van der Waals surface area (Å²) in [6.45, 7) is 1.81. The van der Waals surface area contributed by atoms with E-state index < -0.39 is 5.97 Å². The molecule has 0 fully saturated rings. The largest absolute Gasteiger partial charge is 0.398 e. The minimum atomic E-state index is -0.627. The SMILES string of the molecule is Cc1cccc(C(=O)OCl)c1N. The van der Waals surface area contributed by atoms with Crippen LogP contribution in [0.4, 0.5) is 5.69 Å². The summed E-state index contributed by atoms with van der Waals surface area (Å²) in [4.78, 5) is 11.0. The summed E-state index contributed by atoms with van der Waals surface area (Å²) in [7, 11) is 0. The number of carbonyl (C=O) groups is 1. The number of nitrogen functional groups attached to an aromatic ring is 1. The lowest BCUT2D eigenvalue weighted by Gasteiger charge is -2.03. The van der Waals surface area contributed by atoms with Crippen molar-refractivity contribution >= 4 is 23.5 Å². The van der Waals surface area contributed by atoms with Gasteiger partial charge in [-0.3, -0.25) is 0 Å². The van der Waals surface area contributed by atoms with Crippen LogP contribution in [0.25, 0.3) is 0 Å². The Morgan fingerprint density at radius 2 is 2.25 bits per heavy atom. The third-order valence-corrected chi connectivity index (χ3v) is 1.75. The predicted octanol–water partition coefficient (Wildman–Crippen LogP) is 1.89. The number of carbonyl (C=O) groups excluding carboxylic acids is 1. The third-order valence-electron chi connectivity index (χ3n) is 1.61. The van der Waals surface area contributed by atoms with Gasteiger partial charge in [-0.1, -0.05) is 12.1 Å². The molecule has 0 spiro atoms. The number of aryl methyl sites for hydroxylation is 1. The van der Waals surface area contributed by atoms with Crippen LogP contribution in [0.3, 0.4) is 0 Å². The quantitative estimate of drug-likeness (QED) is 0.680. The van der Waals surface area contributed by atoms with Crippen molar-refractivity contribution in [2.24, 2.45) is 0 Å². The maximum absolute atomic E-state index is 11.0. The number of anilines is 1. The molecule has 0 atom stereocenters. The molecule has 0 unspecified atom stereocenters. The molecule has 1 aromatic rings. The zero-order valence-electron chi connectivity index (χ0n) is 6.50. The van der Waals surface area contributed by atoms with Gasteiger partial charge in [0.2, 0.25) is 0 Å². The van der Waals surface area contributed by atoms with E-state index in [1.807, 2.05) is 0 Å². The van der Waals surface area contributed by atoms with Crippen molar-refractivity contribution < 1.29 is 9.08 Å². The van der Waals surface area contributed by atoms with Gasteiger partial charge in [-0.2, -0.15) is 0 Å². The van der Waals surface area contributed by atoms with E-state index in [0.717, 1.165) is 5.56 Å². The molecular formula is C8H8ClNO2. The van der Waals surface area contributed by atoms with Crippen LogP contribution in [0, 0.1) is 6.92 Å². The minimum Gasteiger partial charge on any atom is -0.398 e. The molecule has 0 saturated heterocycles. The van der Waals surface area contributed by atoms with E-state index in [0.29, 0.717) is 11.3 Å². The summed E-state index contributed by atoms with van der Waals surface area (Å²) in [5.74, 6) is -0.627. The number of hydrogen-bond acceptors (Lipinski definition) is 3. The maximum Gasteiger partial charge on any atom is 0.358 e. The van der Waals surface area contributed by atoms with Crippen LogP contribution in [0.2, 0.25) is 0 Å². The molecule has 0 aromatic heterocycles. The first kappa shape index (κ1) is 8.87. The van der Waals surface area contributed by atoms with Gasteiger partial charge in [-0.15, -0.1) is 0 Å². The Morgan fingerprint density at radius 3 is 2.83 bits per heavy atom. The normalized spacial score (nSPS) is 9.50. The summed E-state index contributed by atoms with van der Waals surface area (Å²) < 4.78 is 4.03. The third kappa shape index (κ3) is 1.51. The molecule has 1 rings (SSSR count). The maximum atomic E-state index is 11.0. The Bertz CT molecular complexity index is 312. The van der Waals surface area contributed by atoms with Gasteiger partial charge in [0.25, 0.3) is 0 Å². The van der Waals surface area contributed by atoms with Crippen LogP contribution in [0.5, 0.6) is 0 Å². The topological polar surface area (TPSA) is 52.3 Å². The molecule has 0 aliphatic carbocycles. The molecule has 3 nitrogen and oxygen atoms in total. The summed E-state index contributed by atoms with van der Waals surface area (Å²) >= 11 is 4.91. The number of rotatable bonds is 1. The van der Waals surface area contributed by atoms with Gasteiger partial charge in [-0.25, -0.2) is 4.79 Å². The highest BCUT2D eigenvalue weighted by Gasteiger charge is 2.11. The van der Waals surface area contributed by atoms with E-state index in [9.17, 15) is 4.79 Å². The molecular weight excluding hydrogens is 178 g/mol. The lowest BCUT2D eigenvalue weighted by atomic mass is 10.1. The van der Waals surface area contributed by atoms with Crippen LogP contribution in [0.1, 0.15) is 15.9 Å². The minimum absolute atomic E-state index is 0.296. The van der Waals surface area contributed by atoms with Crippen molar-refractivity contribution in [3.63, 3.8) is 0 Å². The number of nitrogens with two attached hydrogens (primary N) is 1. The van der Waals surface area contributed by atoms with Crippen molar-refractivity contribution in [3.05, 3.63) is 29.3 Å². The molecule has 12 heavy (non-hydrogen) atoms. The molecule has 2 N–H and O–H groups in total. The summed E-state index contributed by atoms with van der Waals surface area (Å²) in [6, 6.07) is 5.09. The van der Waals surface area contributed by atoms with Gasteiger partial charge < -0.3 is 10.0 Å². The fraction of sp³-hybridized carbons (Fsp3) is 0.125. The highest BCUT2D eigenvalue weighted by molar-refractivity contribution is 6.16. The molecule has 64 valence electrons. The van der Waals surface area contributed by atoms with Gasteiger partial charge in [0.05, 0.1) is 5.56 Å². The van der Waals surface area contributed by atoms with E-state index >= 15 is 0 Å². The second-order valence-electron chi connectivity index (χ2n) is 2.40. The molecule has 0 aliphatic rings. The predicted molar refractivity (Wildman–Crippen MR) is 46.9 cm³/mol. The summed E-state index contributed by atoms with van der Waals surface area (Å²) in [6.07, 6.45) is 0. The Morgan fingerprint density at radius 1 is 1.58 bits per heavy atom. The first-order valence-electron chi connectivity index (χ1n) is 3.35. The Balaban J connectivity index is 3.16. The number of halogens is 1. The van der Waals surface area contributed by atoms with E-state index in [1.54, 1.807) is 25.1 Å². The van der Waals surface area contributed by atoms with E-state index in [4.69, 9.17) is 17.6 Å². The van der Waals surface area contributed by atoms with Gasteiger partial charge in [0, 0.05) is 5.69 Å². The van der Waals surface area contributed by atoms with Crippen LogP contribution in [-0.2, 0) is 4.29 Å². The second kappa shape index (κ2) is 3.45. The highest BCUT2D eigenvalue weighted by atomic mass is 35.5.